The standard InChI is InChI=1S/C20H24N4O4S2/c1-12-11-18(13(2)10-17(12)28-5)30(26,27)21-8-9-24-19(25)7-6-16(23-24)20-14(3)22-15(4)29-20/h6-7,10-11,21H,8-9H2,1-5H3. The van der Waals surface area contributed by atoms with Crippen molar-refractivity contribution in [2.24, 2.45) is 0 Å². The van der Waals surface area contributed by atoms with E-state index < -0.39 is 10.0 Å². The minimum atomic E-state index is -3.74. The van der Waals surface area contributed by atoms with Crippen molar-refractivity contribution in [2.45, 2.75) is 39.1 Å². The van der Waals surface area contributed by atoms with Crippen LogP contribution in [-0.2, 0) is 16.6 Å². The second-order valence-electron chi connectivity index (χ2n) is 6.91. The van der Waals surface area contributed by atoms with E-state index in [4.69, 9.17) is 4.74 Å². The van der Waals surface area contributed by atoms with E-state index >= 15 is 0 Å². The van der Waals surface area contributed by atoms with Gasteiger partial charge in [-0.05, 0) is 57.0 Å². The van der Waals surface area contributed by atoms with Gasteiger partial charge in [-0.25, -0.2) is 22.8 Å². The van der Waals surface area contributed by atoms with Crippen molar-refractivity contribution in [1.29, 1.82) is 0 Å². The number of sulfonamides is 1. The number of hydrogen-bond donors (Lipinski definition) is 1. The van der Waals surface area contributed by atoms with Crippen LogP contribution in [0.4, 0.5) is 0 Å². The third-order valence-corrected chi connectivity index (χ3v) is 7.30. The van der Waals surface area contributed by atoms with Crippen LogP contribution in [0.15, 0.2) is 34.0 Å². The zero-order valence-corrected chi connectivity index (χ0v) is 19.1. The van der Waals surface area contributed by atoms with Crippen molar-refractivity contribution in [1.82, 2.24) is 19.5 Å². The summed E-state index contributed by atoms with van der Waals surface area (Å²) in [5, 5.41) is 5.30. The average molecular weight is 449 g/mol. The Kier molecular flexibility index (Phi) is 6.39. The third kappa shape index (κ3) is 4.61. The Balaban J connectivity index is 1.78. The molecule has 0 amide bonds. The lowest BCUT2D eigenvalue weighted by molar-refractivity contribution is 0.411. The van der Waals surface area contributed by atoms with Gasteiger partial charge in [0, 0.05) is 12.6 Å². The lowest BCUT2D eigenvalue weighted by atomic mass is 10.1. The van der Waals surface area contributed by atoms with Crippen LogP contribution in [0.3, 0.4) is 0 Å². The molecule has 3 rings (SSSR count). The monoisotopic (exact) mass is 448 g/mol. The highest BCUT2D eigenvalue weighted by Gasteiger charge is 2.19. The summed E-state index contributed by atoms with van der Waals surface area (Å²) in [6, 6.07) is 6.37. The molecule has 0 spiro atoms. The summed E-state index contributed by atoms with van der Waals surface area (Å²) < 4.78 is 34.6. The van der Waals surface area contributed by atoms with Gasteiger partial charge in [0.05, 0.1) is 34.1 Å². The highest BCUT2D eigenvalue weighted by molar-refractivity contribution is 7.89. The molecule has 0 aliphatic heterocycles. The molecule has 1 N–H and O–H groups in total. The molecule has 2 aromatic heterocycles. The second-order valence-corrected chi connectivity index (χ2v) is 9.85. The van der Waals surface area contributed by atoms with Crippen molar-refractivity contribution < 1.29 is 13.2 Å². The fourth-order valence-corrected chi connectivity index (χ4v) is 5.35. The first-order valence-electron chi connectivity index (χ1n) is 9.30. The van der Waals surface area contributed by atoms with E-state index in [2.05, 4.69) is 14.8 Å². The number of nitrogens with one attached hydrogen (secondary N) is 1. The smallest absolute Gasteiger partial charge is 0.266 e. The Hall–Kier alpha value is -2.56. The number of rotatable bonds is 7. The van der Waals surface area contributed by atoms with Gasteiger partial charge in [0.15, 0.2) is 0 Å². The Morgan fingerprint density at radius 2 is 1.87 bits per heavy atom. The van der Waals surface area contributed by atoms with Crippen molar-refractivity contribution in [3.05, 3.63) is 56.4 Å². The molecule has 0 fully saturated rings. The van der Waals surface area contributed by atoms with Crippen LogP contribution in [0.2, 0.25) is 0 Å². The molecule has 0 aliphatic rings. The van der Waals surface area contributed by atoms with Crippen molar-refractivity contribution in [3.63, 3.8) is 0 Å². The van der Waals surface area contributed by atoms with Gasteiger partial charge >= 0.3 is 0 Å². The number of aryl methyl sites for hydroxylation is 4. The lowest BCUT2D eigenvalue weighted by Crippen LogP contribution is -2.32. The first kappa shape index (κ1) is 22.1. The number of nitrogens with zero attached hydrogens (tertiary/aromatic N) is 3. The van der Waals surface area contributed by atoms with Crippen LogP contribution in [0, 0.1) is 27.7 Å². The first-order valence-corrected chi connectivity index (χ1v) is 11.6. The molecular weight excluding hydrogens is 424 g/mol. The number of methoxy groups -OCH3 is 1. The highest BCUT2D eigenvalue weighted by atomic mass is 32.2. The molecule has 30 heavy (non-hydrogen) atoms. The Morgan fingerprint density at radius 1 is 1.13 bits per heavy atom. The van der Waals surface area contributed by atoms with E-state index in [1.807, 2.05) is 13.8 Å². The normalized spacial score (nSPS) is 11.6. The quantitative estimate of drug-likeness (QED) is 0.596. The van der Waals surface area contributed by atoms with Gasteiger partial charge in [-0.1, -0.05) is 0 Å². The summed E-state index contributed by atoms with van der Waals surface area (Å²) in [5.41, 5.74) is 2.50. The molecule has 1 aromatic carbocycles. The van der Waals surface area contributed by atoms with Crippen molar-refractivity contribution in [2.75, 3.05) is 13.7 Å². The predicted molar refractivity (Wildman–Crippen MR) is 117 cm³/mol. The average Bonchev–Trinajstić information content (AvgIpc) is 3.02. The van der Waals surface area contributed by atoms with Gasteiger partial charge in [0.2, 0.25) is 10.0 Å². The molecule has 0 saturated carbocycles. The number of benzene rings is 1. The molecule has 0 atom stereocenters. The van der Waals surface area contributed by atoms with Crippen LogP contribution < -0.4 is 15.0 Å². The molecule has 2 heterocycles. The zero-order chi connectivity index (χ0) is 22.1. The maximum absolute atomic E-state index is 12.7. The molecule has 0 saturated heterocycles. The number of aromatic nitrogens is 3. The number of ether oxygens (including phenoxy) is 1. The minimum Gasteiger partial charge on any atom is -0.496 e. The van der Waals surface area contributed by atoms with E-state index in [9.17, 15) is 13.2 Å². The molecule has 0 radical (unpaired) electrons. The van der Waals surface area contributed by atoms with Crippen LogP contribution in [0.5, 0.6) is 5.75 Å². The van der Waals surface area contributed by atoms with Crippen molar-refractivity contribution >= 4 is 21.4 Å². The van der Waals surface area contributed by atoms with E-state index in [-0.39, 0.29) is 23.5 Å². The van der Waals surface area contributed by atoms with E-state index in [0.29, 0.717) is 17.0 Å². The van der Waals surface area contributed by atoms with Crippen LogP contribution in [-0.4, -0.2) is 36.8 Å². The lowest BCUT2D eigenvalue weighted by Gasteiger charge is -2.13. The first-order chi connectivity index (χ1) is 14.1. The molecule has 8 nitrogen and oxygen atoms in total. The van der Waals surface area contributed by atoms with Gasteiger partial charge in [0.1, 0.15) is 11.4 Å². The summed E-state index contributed by atoms with van der Waals surface area (Å²) in [7, 11) is -2.20. The number of hydrogen-bond acceptors (Lipinski definition) is 7. The minimum absolute atomic E-state index is 0.0317. The van der Waals surface area contributed by atoms with E-state index in [1.54, 1.807) is 39.2 Å². The molecule has 160 valence electrons. The van der Waals surface area contributed by atoms with Gasteiger partial charge in [-0.3, -0.25) is 4.79 Å². The third-order valence-electron chi connectivity index (χ3n) is 4.60. The molecule has 3 aromatic rings. The van der Waals surface area contributed by atoms with Gasteiger partial charge in [-0.2, -0.15) is 5.10 Å². The van der Waals surface area contributed by atoms with Gasteiger partial charge in [-0.15, -0.1) is 11.3 Å². The summed E-state index contributed by atoms with van der Waals surface area (Å²) >= 11 is 1.50. The van der Waals surface area contributed by atoms with Crippen LogP contribution in [0.25, 0.3) is 10.6 Å². The van der Waals surface area contributed by atoms with E-state index in [0.717, 1.165) is 21.1 Å². The van der Waals surface area contributed by atoms with Gasteiger partial charge in [0.25, 0.3) is 5.56 Å². The molecular formula is C20H24N4O4S2. The Labute approximate surface area is 179 Å². The molecule has 0 unspecified atom stereocenters. The summed E-state index contributed by atoms with van der Waals surface area (Å²) in [5.74, 6) is 0.632. The SMILES string of the molecule is COc1cc(C)c(S(=O)(=O)NCCn2nc(-c3sc(C)nc3C)ccc2=O)cc1C. The number of thiazole rings is 1. The fraction of sp³-hybridized carbons (Fsp3) is 0.350. The summed E-state index contributed by atoms with van der Waals surface area (Å²) in [6.07, 6.45) is 0. The van der Waals surface area contributed by atoms with Gasteiger partial charge < -0.3 is 4.74 Å². The van der Waals surface area contributed by atoms with Crippen LogP contribution in [0.1, 0.15) is 21.8 Å². The predicted octanol–water partition coefficient (Wildman–Crippen LogP) is 2.59. The summed E-state index contributed by atoms with van der Waals surface area (Å²) in [6.45, 7) is 7.44. The Morgan fingerprint density at radius 3 is 2.50 bits per heavy atom. The molecule has 0 aliphatic carbocycles. The Bertz CT molecular complexity index is 1250. The second kappa shape index (κ2) is 8.66. The molecule has 0 bridgehead atoms. The highest BCUT2D eigenvalue weighted by Crippen LogP contribution is 2.27. The molecule has 10 heteroatoms. The van der Waals surface area contributed by atoms with Crippen LogP contribution >= 0.6 is 11.3 Å². The summed E-state index contributed by atoms with van der Waals surface area (Å²) in [4.78, 5) is 17.7. The zero-order valence-electron chi connectivity index (χ0n) is 17.5. The topological polar surface area (TPSA) is 103 Å². The fourth-order valence-electron chi connectivity index (χ4n) is 3.14. The maximum atomic E-state index is 12.7. The maximum Gasteiger partial charge on any atom is 0.266 e. The van der Waals surface area contributed by atoms with E-state index in [1.165, 1.54) is 22.1 Å². The largest absolute Gasteiger partial charge is 0.496 e. The van der Waals surface area contributed by atoms with Crippen molar-refractivity contribution in [3.8, 4) is 16.3 Å².